The van der Waals surface area contributed by atoms with Crippen molar-refractivity contribution in [3.63, 3.8) is 0 Å². The molecule has 4 rings (SSSR count). The number of hydrogen-bond acceptors (Lipinski definition) is 4. The second-order valence-electron chi connectivity index (χ2n) is 5.17. The minimum absolute atomic E-state index is 0.304. The van der Waals surface area contributed by atoms with E-state index in [2.05, 4.69) is 38.6 Å². The van der Waals surface area contributed by atoms with Gasteiger partial charge in [0.2, 0.25) is 0 Å². The lowest BCUT2D eigenvalue weighted by Crippen LogP contribution is -2.08. The van der Waals surface area contributed by atoms with Crippen LogP contribution in [0.3, 0.4) is 0 Å². The topological polar surface area (TPSA) is 55.6 Å². The number of benzene rings is 1. The van der Waals surface area contributed by atoms with E-state index in [9.17, 15) is 0 Å². The minimum atomic E-state index is 0.304. The van der Waals surface area contributed by atoms with Gasteiger partial charge in [-0.15, -0.1) is 0 Å². The van der Waals surface area contributed by atoms with E-state index in [0.29, 0.717) is 6.04 Å². The average molecular weight is 277 g/mol. The zero-order valence-corrected chi connectivity index (χ0v) is 11.5. The molecule has 1 aliphatic carbocycles. The van der Waals surface area contributed by atoms with Gasteiger partial charge in [-0.1, -0.05) is 6.07 Å². The zero-order chi connectivity index (χ0) is 14.1. The van der Waals surface area contributed by atoms with Crippen LogP contribution in [0.1, 0.15) is 23.7 Å². The molecule has 0 radical (unpaired) electrons. The van der Waals surface area contributed by atoms with Crippen molar-refractivity contribution < 1.29 is 0 Å². The van der Waals surface area contributed by atoms with Gasteiger partial charge in [-0.25, -0.2) is 9.67 Å². The van der Waals surface area contributed by atoms with Crippen molar-refractivity contribution in [3.8, 4) is 5.69 Å². The molecule has 1 N–H and O–H groups in total. The Kier molecular flexibility index (Phi) is 2.88. The highest BCUT2D eigenvalue weighted by Gasteiger charge is 2.23. The third-order valence-corrected chi connectivity index (χ3v) is 3.85. The number of pyridine rings is 1. The Labute approximate surface area is 122 Å². The first-order valence-corrected chi connectivity index (χ1v) is 7.05. The molecular formula is C16H15N5. The Morgan fingerprint density at radius 3 is 2.86 bits per heavy atom. The van der Waals surface area contributed by atoms with E-state index in [0.717, 1.165) is 24.2 Å². The summed E-state index contributed by atoms with van der Waals surface area (Å²) in [6.07, 6.45) is 7.29. The van der Waals surface area contributed by atoms with Crippen LogP contribution in [0.15, 0.2) is 55.2 Å². The molecular weight excluding hydrogens is 262 g/mol. The molecule has 2 aromatic heterocycles. The van der Waals surface area contributed by atoms with E-state index in [1.807, 2.05) is 24.4 Å². The lowest BCUT2D eigenvalue weighted by Gasteiger charge is -2.15. The van der Waals surface area contributed by atoms with Crippen LogP contribution in [-0.2, 0) is 6.42 Å². The molecule has 1 aromatic carbocycles. The van der Waals surface area contributed by atoms with Gasteiger partial charge in [0.25, 0.3) is 0 Å². The molecule has 3 aromatic rings. The summed E-state index contributed by atoms with van der Waals surface area (Å²) in [7, 11) is 0. The normalized spacial score (nSPS) is 16.7. The lowest BCUT2D eigenvalue weighted by molar-refractivity contribution is 0.746. The summed E-state index contributed by atoms with van der Waals surface area (Å²) >= 11 is 0. The van der Waals surface area contributed by atoms with Gasteiger partial charge < -0.3 is 5.32 Å². The highest BCUT2D eigenvalue weighted by molar-refractivity contribution is 5.50. The van der Waals surface area contributed by atoms with Gasteiger partial charge in [-0.05, 0) is 48.7 Å². The molecule has 2 heterocycles. The van der Waals surface area contributed by atoms with Crippen molar-refractivity contribution in [3.05, 3.63) is 66.5 Å². The smallest absolute Gasteiger partial charge is 0.138 e. The summed E-state index contributed by atoms with van der Waals surface area (Å²) in [5.74, 6) is 0. The monoisotopic (exact) mass is 277 g/mol. The predicted molar refractivity (Wildman–Crippen MR) is 80.3 cm³/mol. The molecule has 0 spiro atoms. The quantitative estimate of drug-likeness (QED) is 0.799. The Morgan fingerprint density at radius 1 is 1.14 bits per heavy atom. The van der Waals surface area contributed by atoms with Gasteiger partial charge in [0.05, 0.1) is 17.4 Å². The number of nitrogens with zero attached hydrogens (tertiary/aromatic N) is 4. The number of fused-ring (bicyclic) bond motifs is 1. The van der Waals surface area contributed by atoms with Crippen LogP contribution < -0.4 is 5.32 Å². The lowest BCUT2D eigenvalue weighted by atomic mass is 10.2. The molecule has 0 fully saturated rings. The molecule has 5 nitrogen and oxygen atoms in total. The van der Waals surface area contributed by atoms with Crippen LogP contribution in [0, 0.1) is 0 Å². The van der Waals surface area contributed by atoms with Crippen LogP contribution in [-0.4, -0.2) is 19.7 Å². The summed E-state index contributed by atoms with van der Waals surface area (Å²) in [5.41, 5.74) is 4.64. The van der Waals surface area contributed by atoms with E-state index in [4.69, 9.17) is 0 Å². The van der Waals surface area contributed by atoms with Crippen molar-refractivity contribution in [1.82, 2.24) is 19.7 Å². The van der Waals surface area contributed by atoms with Crippen molar-refractivity contribution >= 4 is 5.69 Å². The van der Waals surface area contributed by atoms with Gasteiger partial charge in [-0.3, -0.25) is 4.98 Å². The molecule has 1 aliphatic rings. The number of rotatable bonds is 3. The van der Waals surface area contributed by atoms with Gasteiger partial charge in [-0.2, -0.15) is 5.10 Å². The second-order valence-corrected chi connectivity index (χ2v) is 5.17. The third-order valence-electron chi connectivity index (χ3n) is 3.85. The standard InChI is InChI=1S/C16H15N5/c1-2-12-3-8-15(16(12)18-9-1)20-13-4-6-14(7-5-13)21-11-17-10-19-21/h1-2,4-7,9-11,15,20H,3,8H2. The van der Waals surface area contributed by atoms with E-state index in [1.54, 1.807) is 11.0 Å². The van der Waals surface area contributed by atoms with E-state index < -0.39 is 0 Å². The Balaban J connectivity index is 1.53. The Bertz CT molecular complexity index is 734. The van der Waals surface area contributed by atoms with Crippen LogP contribution in [0.4, 0.5) is 5.69 Å². The van der Waals surface area contributed by atoms with E-state index >= 15 is 0 Å². The molecule has 0 bridgehead atoms. The second kappa shape index (κ2) is 5.01. The van der Waals surface area contributed by atoms with Crippen LogP contribution in [0.25, 0.3) is 5.69 Å². The third kappa shape index (κ3) is 2.27. The number of nitrogens with one attached hydrogen (secondary N) is 1. The molecule has 0 aliphatic heterocycles. The van der Waals surface area contributed by atoms with Crippen molar-refractivity contribution in [1.29, 1.82) is 0 Å². The maximum Gasteiger partial charge on any atom is 0.138 e. The van der Waals surface area contributed by atoms with Crippen molar-refractivity contribution in [2.24, 2.45) is 0 Å². The van der Waals surface area contributed by atoms with Gasteiger partial charge in [0, 0.05) is 11.9 Å². The molecule has 21 heavy (non-hydrogen) atoms. The highest BCUT2D eigenvalue weighted by Crippen LogP contribution is 2.32. The fourth-order valence-corrected chi connectivity index (χ4v) is 2.81. The van der Waals surface area contributed by atoms with Crippen LogP contribution in [0.5, 0.6) is 0 Å². The van der Waals surface area contributed by atoms with Crippen LogP contribution in [0.2, 0.25) is 0 Å². The summed E-state index contributed by atoms with van der Waals surface area (Å²) in [5, 5.41) is 7.69. The average Bonchev–Trinajstić information content (AvgIpc) is 3.19. The minimum Gasteiger partial charge on any atom is -0.377 e. The first kappa shape index (κ1) is 12.1. The van der Waals surface area contributed by atoms with Crippen molar-refractivity contribution in [2.45, 2.75) is 18.9 Å². The number of hydrogen-bond donors (Lipinski definition) is 1. The largest absolute Gasteiger partial charge is 0.377 e. The number of aryl methyl sites for hydroxylation is 1. The molecule has 104 valence electrons. The zero-order valence-electron chi connectivity index (χ0n) is 11.5. The summed E-state index contributed by atoms with van der Waals surface area (Å²) in [6, 6.07) is 12.7. The number of anilines is 1. The van der Waals surface area contributed by atoms with E-state index in [1.165, 1.54) is 17.6 Å². The van der Waals surface area contributed by atoms with E-state index in [-0.39, 0.29) is 0 Å². The molecule has 1 atom stereocenters. The Morgan fingerprint density at radius 2 is 2.05 bits per heavy atom. The fraction of sp³-hybridized carbons (Fsp3) is 0.188. The van der Waals surface area contributed by atoms with Crippen LogP contribution >= 0.6 is 0 Å². The molecule has 5 heteroatoms. The SMILES string of the molecule is c1cnc2c(c1)CCC2Nc1ccc(-n2cncn2)cc1. The summed E-state index contributed by atoms with van der Waals surface area (Å²) < 4.78 is 1.75. The summed E-state index contributed by atoms with van der Waals surface area (Å²) in [6.45, 7) is 0. The predicted octanol–water partition coefficient (Wildman–Crippen LogP) is 2.76. The Hall–Kier alpha value is -2.69. The molecule has 0 saturated heterocycles. The molecule has 0 saturated carbocycles. The van der Waals surface area contributed by atoms with Gasteiger partial charge in [0.1, 0.15) is 12.7 Å². The van der Waals surface area contributed by atoms with Crippen molar-refractivity contribution in [2.75, 3.05) is 5.32 Å². The maximum atomic E-state index is 4.51. The number of aromatic nitrogens is 4. The molecule has 1 unspecified atom stereocenters. The summed E-state index contributed by atoms with van der Waals surface area (Å²) in [4.78, 5) is 8.47. The maximum absolute atomic E-state index is 4.51. The first-order chi connectivity index (χ1) is 10.4. The van der Waals surface area contributed by atoms with Gasteiger partial charge >= 0.3 is 0 Å². The molecule has 0 amide bonds. The van der Waals surface area contributed by atoms with Gasteiger partial charge in [0.15, 0.2) is 0 Å². The first-order valence-electron chi connectivity index (χ1n) is 7.05. The highest BCUT2D eigenvalue weighted by atomic mass is 15.3. The fourth-order valence-electron chi connectivity index (χ4n) is 2.81.